The number of carboxylic acids is 1. The third-order valence-electron chi connectivity index (χ3n) is 16.0. The first kappa shape index (κ1) is 85.0. The van der Waals surface area contributed by atoms with Crippen molar-refractivity contribution < 1.29 is 42.9 Å². The first-order chi connectivity index (χ1) is 43.6. The van der Waals surface area contributed by atoms with Gasteiger partial charge in [-0.2, -0.15) is 0 Å². The maximum atomic E-state index is 12.9. The minimum absolute atomic E-state index is 0.146. The van der Waals surface area contributed by atoms with Crippen molar-refractivity contribution in [1.29, 1.82) is 0 Å². The Morgan fingerprint density at radius 1 is 0.348 bits per heavy atom. The normalized spacial score (nSPS) is 13.3. The zero-order valence-corrected chi connectivity index (χ0v) is 58.5. The number of likely N-dealkylation sites (N-methyl/N-ethyl adjacent to an activating group) is 1. The summed E-state index contributed by atoms with van der Waals surface area (Å²) < 4.78 is 22.8. The van der Waals surface area contributed by atoms with E-state index in [1.165, 1.54) is 193 Å². The number of hydrogen-bond acceptors (Lipinski definition) is 8. The van der Waals surface area contributed by atoms with Gasteiger partial charge in [0.2, 0.25) is 0 Å². The smallest absolute Gasteiger partial charge is 0.306 e. The molecule has 0 saturated heterocycles. The Bertz CT molecular complexity index is 1830. The molecule has 2 atom stereocenters. The lowest BCUT2D eigenvalue weighted by molar-refractivity contribution is -0.870. The predicted molar refractivity (Wildman–Crippen MR) is 380 cm³/mol. The molecule has 0 N–H and O–H groups in total. The molecule has 0 aliphatic heterocycles. The van der Waals surface area contributed by atoms with Gasteiger partial charge in [0, 0.05) is 12.8 Å². The van der Waals surface area contributed by atoms with Crippen LogP contribution in [0.2, 0.25) is 0 Å². The van der Waals surface area contributed by atoms with Crippen LogP contribution < -0.4 is 5.11 Å². The number of aliphatic carboxylic acids is 1. The second kappa shape index (κ2) is 69.8. The van der Waals surface area contributed by atoms with Gasteiger partial charge in [-0.3, -0.25) is 9.59 Å². The fourth-order valence-corrected chi connectivity index (χ4v) is 10.4. The molecule has 0 bridgehead atoms. The van der Waals surface area contributed by atoms with E-state index in [-0.39, 0.29) is 32.2 Å². The summed E-state index contributed by atoms with van der Waals surface area (Å²) in [6, 6.07) is 0. The summed E-state index contributed by atoms with van der Waals surface area (Å²) in [5, 5.41) is 11.8. The molecule has 0 heterocycles. The summed E-state index contributed by atoms with van der Waals surface area (Å²) in [7, 11) is 5.94. The highest BCUT2D eigenvalue weighted by molar-refractivity contribution is 5.70. The number of carboxylic acid groups (broad SMARTS) is 1. The Labute approximate surface area is 549 Å². The summed E-state index contributed by atoms with van der Waals surface area (Å²) in [6.07, 6.45) is 94.7. The van der Waals surface area contributed by atoms with Gasteiger partial charge in [-0.25, -0.2) is 0 Å². The summed E-state index contributed by atoms with van der Waals surface area (Å²) in [4.78, 5) is 37.5. The molecule has 9 heteroatoms. The summed E-state index contributed by atoms with van der Waals surface area (Å²) >= 11 is 0. The molecule has 0 radical (unpaired) electrons. The number of carbonyl (C=O) groups is 3. The van der Waals surface area contributed by atoms with Gasteiger partial charge in [-0.15, -0.1) is 0 Å². The average molecular weight is 1240 g/mol. The number of esters is 2. The highest BCUT2D eigenvalue weighted by atomic mass is 16.7. The lowest BCUT2D eigenvalue weighted by Gasteiger charge is -2.26. The lowest BCUT2D eigenvalue weighted by Crippen LogP contribution is -2.44. The fraction of sp³-hybridized carbons (Fsp3) is 0.738. The second-order valence-electron chi connectivity index (χ2n) is 25.9. The van der Waals surface area contributed by atoms with Gasteiger partial charge in [0.1, 0.15) is 13.2 Å². The number of ether oxygens (including phenoxy) is 4. The van der Waals surface area contributed by atoms with E-state index >= 15 is 0 Å². The third kappa shape index (κ3) is 71.3. The van der Waals surface area contributed by atoms with Crippen molar-refractivity contribution in [3.8, 4) is 0 Å². The number of carbonyl (C=O) groups excluding carboxylic acids is 3. The van der Waals surface area contributed by atoms with Gasteiger partial charge in [0.15, 0.2) is 12.4 Å². The SMILES string of the molecule is CC/C=C\C/C=C\C/C=C\C/C=C\C/C=C\C/C=C\C/C=C\C/C=C\C/C=C\CCCCCCCCCCCCCCCC(=O)OC(COC(=O)CCCCCCCCCCCCCCCCCCCCCCCCC)COC(OCC[N+](C)(C)C)C(=O)[O-]. The van der Waals surface area contributed by atoms with Gasteiger partial charge in [-0.1, -0.05) is 335 Å². The van der Waals surface area contributed by atoms with E-state index in [1.54, 1.807) is 0 Å². The molecule has 0 spiro atoms. The Morgan fingerprint density at radius 2 is 0.640 bits per heavy atom. The Morgan fingerprint density at radius 3 is 0.955 bits per heavy atom. The number of rotatable bonds is 68. The molecule has 512 valence electrons. The highest BCUT2D eigenvalue weighted by Gasteiger charge is 2.22. The Kier molecular flexibility index (Phi) is 66.7. The number of allylic oxidation sites excluding steroid dienone is 18. The van der Waals surface area contributed by atoms with E-state index < -0.39 is 24.3 Å². The average Bonchev–Trinajstić information content (AvgIpc) is 3.64. The van der Waals surface area contributed by atoms with Gasteiger partial charge in [0.05, 0.1) is 40.3 Å². The molecule has 0 aromatic rings. The van der Waals surface area contributed by atoms with Crippen LogP contribution in [0.25, 0.3) is 0 Å². The molecule has 0 aromatic heterocycles. The van der Waals surface area contributed by atoms with E-state index in [0.29, 0.717) is 23.9 Å². The molecule has 0 amide bonds. The second-order valence-corrected chi connectivity index (χ2v) is 25.9. The minimum Gasteiger partial charge on any atom is -0.545 e. The number of nitrogens with zero attached hydrogens (tertiary/aromatic N) is 1. The van der Waals surface area contributed by atoms with Crippen LogP contribution in [0.15, 0.2) is 109 Å². The van der Waals surface area contributed by atoms with Crippen molar-refractivity contribution in [3.63, 3.8) is 0 Å². The van der Waals surface area contributed by atoms with Gasteiger partial charge < -0.3 is 33.3 Å². The molecule has 89 heavy (non-hydrogen) atoms. The quantitative estimate of drug-likeness (QED) is 0.0195. The molecule has 0 fully saturated rings. The monoisotopic (exact) mass is 1240 g/mol. The van der Waals surface area contributed by atoms with Crippen LogP contribution >= 0.6 is 0 Å². The van der Waals surface area contributed by atoms with E-state index in [1.807, 2.05) is 21.1 Å². The van der Waals surface area contributed by atoms with Gasteiger partial charge in [0.25, 0.3) is 0 Å². The molecule has 0 saturated carbocycles. The molecular weight excluding hydrogens is 1100 g/mol. The van der Waals surface area contributed by atoms with Crippen molar-refractivity contribution in [1.82, 2.24) is 0 Å². The van der Waals surface area contributed by atoms with E-state index in [4.69, 9.17) is 18.9 Å². The van der Waals surface area contributed by atoms with Crippen LogP contribution in [0.1, 0.15) is 322 Å². The van der Waals surface area contributed by atoms with Crippen LogP contribution in [0, 0.1) is 0 Å². The fourth-order valence-electron chi connectivity index (χ4n) is 10.4. The lowest BCUT2D eigenvalue weighted by atomic mass is 10.0. The minimum atomic E-state index is -1.62. The van der Waals surface area contributed by atoms with Crippen molar-refractivity contribution >= 4 is 17.9 Å². The Hall–Kier alpha value is -4.05. The molecule has 0 aliphatic carbocycles. The molecule has 2 unspecified atom stereocenters. The number of unbranched alkanes of at least 4 members (excludes halogenated alkanes) is 35. The number of quaternary nitrogens is 1. The van der Waals surface area contributed by atoms with Crippen LogP contribution in [-0.2, 0) is 33.3 Å². The van der Waals surface area contributed by atoms with Crippen molar-refractivity contribution in [2.45, 2.75) is 334 Å². The first-order valence-corrected chi connectivity index (χ1v) is 37.0. The topological polar surface area (TPSA) is 111 Å². The van der Waals surface area contributed by atoms with Crippen molar-refractivity contribution in [3.05, 3.63) is 109 Å². The van der Waals surface area contributed by atoms with Crippen LogP contribution in [0.4, 0.5) is 0 Å². The van der Waals surface area contributed by atoms with E-state index in [9.17, 15) is 19.5 Å². The molecule has 0 aromatic carbocycles. The van der Waals surface area contributed by atoms with Crippen LogP contribution in [-0.4, -0.2) is 82.3 Å². The Balaban J connectivity index is 4.07. The summed E-state index contributed by atoms with van der Waals surface area (Å²) in [6.45, 7) is 4.67. The van der Waals surface area contributed by atoms with Gasteiger partial charge >= 0.3 is 11.9 Å². The first-order valence-electron chi connectivity index (χ1n) is 37.0. The maximum absolute atomic E-state index is 12.9. The predicted octanol–water partition coefficient (Wildman–Crippen LogP) is 22.0. The zero-order chi connectivity index (χ0) is 64.7. The highest BCUT2D eigenvalue weighted by Crippen LogP contribution is 2.18. The third-order valence-corrected chi connectivity index (χ3v) is 16.0. The van der Waals surface area contributed by atoms with Crippen molar-refractivity contribution in [2.24, 2.45) is 0 Å². The largest absolute Gasteiger partial charge is 0.545 e. The standard InChI is InChI=1S/C80H139NO8/c1-6-8-10-12-14-16-18-20-22-24-26-28-30-31-32-33-34-35-36-37-38-39-40-41-42-43-44-45-46-47-49-51-53-55-57-59-61-63-65-67-69-71-78(83)89-76(75-88-80(79(84)85)86-73-72-81(3,4)5)74-87-77(82)70-68-66-64-62-60-58-56-54-52-50-48-29-27-25-23-21-19-17-15-13-11-9-7-2/h8,10,14,16,20,22,26,28,31-32,34-35,37-38,40-41,43-44,76,80H,6-7,9,11-13,15,17-19,21,23-25,27,29-30,33,36,39,42,45-75H2,1-5H3/b10-8-,16-14-,22-20-,28-26-,32-31-,35-34-,38-37-,41-40-,44-43-. The van der Waals surface area contributed by atoms with Gasteiger partial charge in [-0.05, 0) is 83.5 Å². The molecule has 0 aliphatic rings. The molecule has 9 nitrogen and oxygen atoms in total. The van der Waals surface area contributed by atoms with Crippen LogP contribution in [0.3, 0.4) is 0 Å². The zero-order valence-electron chi connectivity index (χ0n) is 58.5. The summed E-state index contributed by atoms with van der Waals surface area (Å²) in [5.41, 5.74) is 0. The maximum Gasteiger partial charge on any atom is 0.306 e. The van der Waals surface area contributed by atoms with Crippen LogP contribution in [0.5, 0.6) is 0 Å². The summed E-state index contributed by atoms with van der Waals surface area (Å²) in [5.74, 6) is -2.27. The van der Waals surface area contributed by atoms with E-state index in [2.05, 4.69) is 123 Å². The molecular formula is C80H139NO8. The van der Waals surface area contributed by atoms with E-state index in [0.717, 1.165) is 96.3 Å². The number of hydrogen-bond donors (Lipinski definition) is 0. The van der Waals surface area contributed by atoms with Crippen molar-refractivity contribution in [2.75, 3.05) is 47.5 Å². The molecule has 0 rings (SSSR count).